The first-order chi connectivity index (χ1) is 8.88. The molecule has 0 aromatic carbocycles. The van der Waals surface area contributed by atoms with Crippen molar-refractivity contribution in [3.8, 4) is 0 Å². The number of Topliss-reactive ketones (excluding diaryl/α,β-unsaturated/α-hetero) is 1. The molecule has 4 atom stereocenters. The molecule has 2 rings (SSSR count). The second-order valence-electron chi connectivity index (χ2n) is 5.81. The first kappa shape index (κ1) is 14.0. The maximum Gasteiger partial charge on any atom is 0.306 e. The Bertz CT molecular complexity index is 416. The molecule has 106 valence electrons. The molecular weight excluding hydrogens is 248 g/mol. The lowest BCUT2D eigenvalue weighted by Gasteiger charge is -2.26. The summed E-state index contributed by atoms with van der Waals surface area (Å²) < 4.78 is 10.2. The Morgan fingerprint density at radius 1 is 1.42 bits per heavy atom. The Kier molecular flexibility index (Phi) is 3.65. The number of hydrogen-bond acceptors (Lipinski definition) is 5. The van der Waals surface area contributed by atoms with Crippen molar-refractivity contribution >= 4 is 17.7 Å². The first-order valence-electron chi connectivity index (χ1n) is 6.67. The van der Waals surface area contributed by atoms with Gasteiger partial charge in [0.2, 0.25) is 0 Å². The fraction of sp³-hybridized carbons (Fsp3) is 0.786. The van der Waals surface area contributed by atoms with Crippen LogP contribution < -0.4 is 0 Å². The van der Waals surface area contributed by atoms with E-state index in [1.165, 1.54) is 14.0 Å². The molecule has 1 saturated heterocycles. The van der Waals surface area contributed by atoms with Gasteiger partial charge in [0.05, 0.1) is 13.5 Å². The van der Waals surface area contributed by atoms with Crippen LogP contribution in [0.4, 0.5) is 0 Å². The van der Waals surface area contributed by atoms with Crippen molar-refractivity contribution in [1.82, 2.24) is 0 Å². The molecule has 0 radical (unpaired) electrons. The second-order valence-corrected chi connectivity index (χ2v) is 5.81. The average molecular weight is 268 g/mol. The first-order valence-corrected chi connectivity index (χ1v) is 6.67. The van der Waals surface area contributed by atoms with E-state index < -0.39 is 5.60 Å². The van der Waals surface area contributed by atoms with Crippen molar-refractivity contribution in [2.45, 2.75) is 45.1 Å². The molecule has 1 saturated carbocycles. The highest BCUT2D eigenvalue weighted by Gasteiger charge is 2.56. The molecule has 0 aromatic rings. The third-order valence-electron chi connectivity index (χ3n) is 4.61. The fourth-order valence-corrected chi connectivity index (χ4v) is 3.49. The summed E-state index contributed by atoms with van der Waals surface area (Å²) in [6.45, 7) is 3.51. The molecule has 0 unspecified atom stereocenters. The van der Waals surface area contributed by atoms with Gasteiger partial charge in [-0.25, -0.2) is 0 Å². The predicted octanol–water partition coefficient (Wildman–Crippen LogP) is 1.49. The molecule has 5 heteroatoms. The molecule has 1 spiro atoms. The van der Waals surface area contributed by atoms with Crippen LogP contribution in [0, 0.1) is 17.8 Å². The van der Waals surface area contributed by atoms with E-state index in [4.69, 9.17) is 4.74 Å². The number of hydrogen-bond donors (Lipinski definition) is 0. The summed E-state index contributed by atoms with van der Waals surface area (Å²) in [5.74, 6) is -0.657. The van der Waals surface area contributed by atoms with Crippen LogP contribution >= 0.6 is 0 Å². The van der Waals surface area contributed by atoms with E-state index in [1.807, 2.05) is 6.92 Å². The van der Waals surface area contributed by atoms with E-state index in [0.717, 1.165) is 0 Å². The summed E-state index contributed by atoms with van der Waals surface area (Å²) in [4.78, 5) is 34.7. The molecule has 1 aliphatic heterocycles. The minimum atomic E-state index is -0.549. The van der Waals surface area contributed by atoms with E-state index in [9.17, 15) is 14.4 Å². The van der Waals surface area contributed by atoms with Crippen LogP contribution in [0.1, 0.15) is 39.5 Å². The number of ether oxygens (including phenoxy) is 2. The predicted molar refractivity (Wildman–Crippen MR) is 66.1 cm³/mol. The highest BCUT2D eigenvalue weighted by atomic mass is 16.6. The molecule has 2 fully saturated rings. The number of esters is 2. The van der Waals surface area contributed by atoms with E-state index in [-0.39, 0.29) is 41.9 Å². The summed E-state index contributed by atoms with van der Waals surface area (Å²) >= 11 is 0. The molecule has 5 nitrogen and oxygen atoms in total. The summed E-state index contributed by atoms with van der Waals surface area (Å²) in [6, 6.07) is 0. The highest BCUT2D eigenvalue weighted by molar-refractivity contribution is 5.81. The van der Waals surface area contributed by atoms with Crippen molar-refractivity contribution in [3.05, 3.63) is 0 Å². The number of carbonyl (C=O) groups is 3. The molecular formula is C14H20O5. The van der Waals surface area contributed by atoms with Crippen molar-refractivity contribution in [2.24, 2.45) is 17.8 Å². The number of ketones is 1. The maximum atomic E-state index is 11.8. The van der Waals surface area contributed by atoms with Gasteiger partial charge in [0.15, 0.2) is 0 Å². The number of rotatable bonds is 3. The van der Waals surface area contributed by atoms with Gasteiger partial charge >= 0.3 is 11.9 Å². The third-order valence-corrected chi connectivity index (χ3v) is 4.61. The van der Waals surface area contributed by atoms with Crippen molar-refractivity contribution in [3.63, 3.8) is 0 Å². The molecule has 0 aromatic heterocycles. The van der Waals surface area contributed by atoms with Crippen LogP contribution in [0.25, 0.3) is 0 Å². The Morgan fingerprint density at radius 3 is 2.58 bits per heavy atom. The lowest BCUT2D eigenvalue weighted by molar-refractivity contribution is -0.149. The van der Waals surface area contributed by atoms with Crippen LogP contribution in [0.15, 0.2) is 0 Å². The van der Waals surface area contributed by atoms with Crippen molar-refractivity contribution < 1.29 is 23.9 Å². The van der Waals surface area contributed by atoms with Crippen LogP contribution in [0.3, 0.4) is 0 Å². The van der Waals surface area contributed by atoms with Gasteiger partial charge in [0.25, 0.3) is 0 Å². The maximum absolute atomic E-state index is 11.8. The molecule has 1 heterocycles. The lowest BCUT2D eigenvalue weighted by atomic mass is 9.86. The van der Waals surface area contributed by atoms with Gasteiger partial charge in [-0.15, -0.1) is 0 Å². The van der Waals surface area contributed by atoms with E-state index in [2.05, 4.69) is 4.74 Å². The lowest BCUT2D eigenvalue weighted by Crippen LogP contribution is -2.31. The van der Waals surface area contributed by atoms with Crippen LogP contribution in [-0.2, 0) is 23.9 Å². The monoisotopic (exact) mass is 268 g/mol. The van der Waals surface area contributed by atoms with Gasteiger partial charge in [0, 0.05) is 18.3 Å². The van der Waals surface area contributed by atoms with Gasteiger partial charge in [0.1, 0.15) is 11.4 Å². The van der Waals surface area contributed by atoms with Gasteiger partial charge < -0.3 is 9.47 Å². The summed E-state index contributed by atoms with van der Waals surface area (Å²) in [5, 5.41) is 0. The third kappa shape index (κ3) is 2.51. The zero-order chi connectivity index (χ0) is 14.2. The molecule has 1 aliphatic carbocycles. The van der Waals surface area contributed by atoms with Gasteiger partial charge in [-0.1, -0.05) is 6.92 Å². The van der Waals surface area contributed by atoms with Crippen LogP contribution in [0.2, 0.25) is 0 Å². The topological polar surface area (TPSA) is 69.7 Å². The Labute approximate surface area is 112 Å². The zero-order valence-corrected chi connectivity index (χ0v) is 11.6. The van der Waals surface area contributed by atoms with Crippen LogP contribution in [-0.4, -0.2) is 30.4 Å². The Hall–Kier alpha value is -1.39. The highest BCUT2D eigenvalue weighted by Crippen LogP contribution is 2.51. The summed E-state index contributed by atoms with van der Waals surface area (Å²) in [5.41, 5.74) is -0.549. The molecule has 19 heavy (non-hydrogen) atoms. The largest absolute Gasteiger partial charge is 0.469 e. The molecule has 0 N–H and O–H groups in total. The number of carbonyl (C=O) groups excluding carboxylic acids is 3. The zero-order valence-electron chi connectivity index (χ0n) is 11.6. The van der Waals surface area contributed by atoms with Crippen molar-refractivity contribution in [2.75, 3.05) is 7.11 Å². The average Bonchev–Trinajstić information content (AvgIpc) is 2.81. The quantitative estimate of drug-likeness (QED) is 0.725. The second kappa shape index (κ2) is 4.94. The molecule has 0 bridgehead atoms. The molecule has 0 amide bonds. The minimum Gasteiger partial charge on any atom is -0.469 e. The van der Waals surface area contributed by atoms with E-state index in [1.54, 1.807) is 0 Å². The molecule has 2 aliphatic rings. The standard InChI is InChI=1S/C14H20O5/c1-8-4-13(17)19-14(8)6-10(5-12(16)18-3)11(7-14)9(2)15/h8,10-11H,4-7H2,1-3H3/t8-,10-,11+,14-/m0/s1. The van der Waals surface area contributed by atoms with E-state index >= 15 is 0 Å². The van der Waals surface area contributed by atoms with Gasteiger partial charge in [-0.3, -0.25) is 14.4 Å². The smallest absolute Gasteiger partial charge is 0.306 e. The van der Waals surface area contributed by atoms with Gasteiger partial charge in [-0.2, -0.15) is 0 Å². The van der Waals surface area contributed by atoms with Crippen molar-refractivity contribution in [1.29, 1.82) is 0 Å². The Morgan fingerprint density at radius 2 is 2.11 bits per heavy atom. The number of methoxy groups -OCH3 is 1. The minimum absolute atomic E-state index is 0.0564. The van der Waals surface area contributed by atoms with E-state index in [0.29, 0.717) is 19.3 Å². The Balaban J connectivity index is 2.18. The summed E-state index contributed by atoms with van der Waals surface area (Å²) in [7, 11) is 1.34. The normalized spacial score (nSPS) is 37.4. The SMILES string of the molecule is COC(=O)C[C@H]1C[C@@]2(C[C@@H]1C(C)=O)OC(=O)C[C@@H]2C. The van der Waals surface area contributed by atoms with Gasteiger partial charge in [-0.05, 0) is 25.7 Å². The fourth-order valence-electron chi connectivity index (χ4n) is 3.49. The van der Waals surface area contributed by atoms with Crippen LogP contribution in [0.5, 0.6) is 0 Å². The summed E-state index contributed by atoms with van der Waals surface area (Å²) in [6.07, 6.45) is 1.73.